The summed E-state index contributed by atoms with van der Waals surface area (Å²) in [5, 5.41) is 8.21. The van der Waals surface area contributed by atoms with Gasteiger partial charge in [-0.3, -0.25) is 9.48 Å². The van der Waals surface area contributed by atoms with Crippen molar-refractivity contribution in [1.29, 1.82) is 0 Å². The Morgan fingerprint density at radius 1 is 0.966 bits per heavy atom. The summed E-state index contributed by atoms with van der Waals surface area (Å²) in [6.45, 7) is 2.71. The van der Waals surface area contributed by atoms with Crippen molar-refractivity contribution in [2.45, 2.75) is 38.5 Å². The highest BCUT2D eigenvalue weighted by Crippen LogP contribution is 2.17. The van der Waals surface area contributed by atoms with Crippen molar-refractivity contribution in [1.82, 2.24) is 19.9 Å². The molecule has 0 unspecified atom stereocenters. The number of hydrogen-bond donors (Lipinski definition) is 0. The Hall–Kier alpha value is -2.99. The first kappa shape index (κ1) is 19.3. The van der Waals surface area contributed by atoms with E-state index in [1.54, 1.807) is 10.9 Å². The number of aromatic nitrogens is 3. The molecule has 0 N–H and O–H groups in total. The van der Waals surface area contributed by atoms with E-state index < -0.39 is 0 Å². The minimum Gasteiger partial charge on any atom is -0.373 e. The maximum absolute atomic E-state index is 12.7. The quantitative estimate of drug-likeness (QED) is 0.621. The normalized spacial score (nSPS) is 14.8. The lowest BCUT2D eigenvalue weighted by Gasteiger charge is -2.31. The van der Waals surface area contributed by atoms with Crippen LogP contribution in [0.15, 0.2) is 66.9 Å². The molecule has 0 atom stereocenters. The monoisotopic (exact) mass is 390 g/mol. The summed E-state index contributed by atoms with van der Waals surface area (Å²) in [7, 11) is 0. The Kier molecular flexibility index (Phi) is 6.32. The number of nitrogens with zero attached hydrogens (tertiary/aromatic N) is 4. The van der Waals surface area contributed by atoms with Crippen LogP contribution in [0.1, 0.15) is 34.5 Å². The molecule has 1 fully saturated rings. The second-order valence-corrected chi connectivity index (χ2v) is 7.39. The van der Waals surface area contributed by atoms with Gasteiger partial charge in [-0.1, -0.05) is 65.9 Å². The Morgan fingerprint density at radius 3 is 2.31 bits per heavy atom. The molecular formula is C23H26N4O2. The van der Waals surface area contributed by atoms with Crippen LogP contribution >= 0.6 is 0 Å². The minimum atomic E-state index is -0.0440. The van der Waals surface area contributed by atoms with Gasteiger partial charge in [0, 0.05) is 19.6 Å². The second-order valence-electron chi connectivity index (χ2n) is 7.39. The molecule has 0 aliphatic carbocycles. The number of aryl methyl sites for hydroxylation is 2. The van der Waals surface area contributed by atoms with E-state index in [4.69, 9.17) is 4.74 Å². The first-order valence-corrected chi connectivity index (χ1v) is 10.2. The van der Waals surface area contributed by atoms with Crippen LogP contribution in [0.25, 0.3) is 0 Å². The second kappa shape index (κ2) is 9.47. The highest BCUT2D eigenvalue weighted by molar-refractivity contribution is 5.92. The number of likely N-dealkylation sites (tertiary alicyclic amines) is 1. The molecule has 4 rings (SSSR count). The van der Waals surface area contributed by atoms with Gasteiger partial charge in [0.15, 0.2) is 5.69 Å². The lowest BCUT2D eigenvalue weighted by atomic mass is 10.1. The minimum absolute atomic E-state index is 0.0440. The SMILES string of the molecule is O=C(c1cn(CCc2ccccc2)nn1)N1CCC(OCc2ccccc2)CC1. The van der Waals surface area contributed by atoms with Crippen LogP contribution in [0.3, 0.4) is 0 Å². The summed E-state index contributed by atoms with van der Waals surface area (Å²) >= 11 is 0. The smallest absolute Gasteiger partial charge is 0.276 e. The van der Waals surface area contributed by atoms with Gasteiger partial charge in [0.1, 0.15) is 0 Å². The number of rotatable bonds is 7. The molecule has 6 heteroatoms. The van der Waals surface area contributed by atoms with Gasteiger partial charge in [0.2, 0.25) is 0 Å². The first-order chi connectivity index (χ1) is 14.3. The molecule has 1 saturated heterocycles. The zero-order chi connectivity index (χ0) is 19.9. The molecule has 6 nitrogen and oxygen atoms in total. The van der Waals surface area contributed by atoms with E-state index in [-0.39, 0.29) is 12.0 Å². The van der Waals surface area contributed by atoms with Gasteiger partial charge in [-0.2, -0.15) is 0 Å². The van der Waals surface area contributed by atoms with Crippen LogP contribution in [-0.4, -0.2) is 45.0 Å². The molecule has 0 spiro atoms. The number of piperidine rings is 1. The van der Waals surface area contributed by atoms with Crippen LogP contribution in [-0.2, 0) is 24.3 Å². The third-order valence-electron chi connectivity index (χ3n) is 5.29. The zero-order valence-electron chi connectivity index (χ0n) is 16.5. The molecule has 1 aliphatic heterocycles. The van der Waals surface area contributed by atoms with Gasteiger partial charge >= 0.3 is 0 Å². The maximum atomic E-state index is 12.7. The van der Waals surface area contributed by atoms with Crippen molar-refractivity contribution in [3.05, 3.63) is 83.7 Å². The summed E-state index contributed by atoms with van der Waals surface area (Å²) in [5.41, 5.74) is 2.84. The lowest BCUT2D eigenvalue weighted by Crippen LogP contribution is -2.41. The topological polar surface area (TPSA) is 60.2 Å². The predicted octanol–water partition coefficient (Wildman–Crippen LogP) is 3.34. The van der Waals surface area contributed by atoms with Gasteiger partial charge in [-0.25, -0.2) is 0 Å². The maximum Gasteiger partial charge on any atom is 0.276 e. The molecule has 0 saturated carbocycles. The number of benzene rings is 2. The zero-order valence-corrected chi connectivity index (χ0v) is 16.5. The highest BCUT2D eigenvalue weighted by atomic mass is 16.5. The molecule has 1 aliphatic rings. The van der Waals surface area contributed by atoms with Crippen molar-refractivity contribution >= 4 is 5.91 Å². The Bertz CT molecular complexity index is 903. The van der Waals surface area contributed by atoms with Crippen LogP contribution in [0.2, 0.25) is 0 Å². The molecule has 0 bridgehead atoms. The van der Waals surface area contributed by atoms with Crippen molar-refractivity contribution in [2.75, 3.05) is 13.1 Å². The van der Waals surface area contributed by atoms with Crippen molar-refractivity contribution in [2.24, 2.45) is 0 Å². The molecule has 2 aromatic carbocycles. The fraction of sp³-hybridized carbons (Fsp3) is 0.348. The average molecular weight is 390 g/mol. The summed E-state index contributed by atoms with van der Waals surface area (Å²) < 4.78 is 7.76. The Labute approximate surface area is 171 Å². The van der Waals surface area contributed by atoms with Crippen molar-refractivity contribution in [3.63, 3.8) is 0 Å². The van der Waals surface area contributed by atoms with Crippen LogP contribution in [0, 0.1) is 0 Å². The summed E-state index contributed by atoms with van der Waals surface area (Å²) in [6.07, 6.45) is 4.51. The number of amides is 1. The lowest BCUT2D eigenvalue weighted by molar-refractivity contribution is -0.000511. The molecule has 1 aromatic heterocycles. The van der Waals surface area contributed by atoms with Crippen molar-refractivity contribution in [3.8, 4) is 0 Å². The summed E-state index contributed by atoms with van der Waals surface area (Å²) in [4.78, 5) is 14.6. The van der Waals surface area contributed by atoms with Crippen molar-refractivity contribution < 1.29 is 9.53 Å². The van der Waals surface area contributed by atoms with Gasteiger partial charge in [0.05, 0.1) is 18.9 Å². The van der Waals surface area contributed by atoms with E-state index >= 15 is 0 Å². The molecular weight excluding hydrogens is 364 g/mol. The van der Waals surface area contributed by atoms with Gasteiger partial charge in [-0.15, -0.1) is 5.10 Å². The van der Waals surface area contributed by atoms with E-state index in [2.05, 4.69) is 34.6 Å². The van der Waals surface area contributed by atoms with E-state index in [0.29, 0.717) is 31.9 Å². The van der Waals surface area contributed by atoms with E-state index in [1.165, 1.54) is 11.1 Å². The van der Waals surface area contributed by atoms with Crippen LogP contribution in [0.4, 0.5) is 0 Å². The van der Waals surface area contributed by atoms with Crippen LogP contribution in [0.5, 0.6) is 0 Å². The predicted molar refractivity (Wildman–Crippen MR) is 110 cm³/mol. The van der Waals surface area contributed by atoms with Gasteiger partial charge in [0.25, 0.3) is 5.91 Å². The third-order valence-corrected chi connectivity index (χ3v) is 5.29. The third kappa shape index (κ3) is 5.29. The molecule has 0 radical (unpaired) electrons. The average Bonchev–Trinajstić information content (AvgIpc) is 3.27. The molecule has 150 valence electrons. The Morgan fingerprint density at radius 2 is 1.62 bits per heavy atom. The first-order valence-electron chi connectivity index (χ1n) is 10.2. The molecule has 3 aromatic rings. The number of carbonyl (C=O) groups is 1. The fourth-order valence-electron chi connectivity index (χ4n) is 3.57. The van der Waals surface area contributed by atoms with Gasteiger partial charge < -0.3 is 9.64 Å². The summed E-state index contributed by atoms with van der Waals surface area (Å²) in [5.74, 6) is -0.0440. The van der Waals surface area contributed by atoms with Gasteiger partial charge in [-0.05, 0) is 30.4 Å². The van der Waals surface area contributed by atoms with E-state index in [0.717, 1.165) is 19.3 Å². The number of carbonyl (C=O) groups excluding carboxylic acids is 1. The summed E-state index contributed by atoms with van der Waals surface area (Å²) in [6, 6.07) is 20.4. The molecule has 29 heavy (non-hydrogen) atoms. The van der Waals surface area contributed by atoms with Crippen LogP contribution < -0.4 is 0 Å². The number of ether oxygens (including phenoxy) is 1. The fourth-order valence-corrected chi connectivity index (χ4v) is 3.57. The highest BCUT2D eigenvalue weighted by Gasteiger charge is 2.25. The molecule has 1 amide bonds. The standard InChI is InChI=1S/C23H26N4O2/c28-23(22-17-27(25-24-22)16-11-19-7-3-1-4-8-19)26-14-12-21(13-15-26)29-18-20-9-5-2-6-10-20/h1-10,17,21H,11-16,18H2. The van der Waals surface area contributed by atoms with E-state index in [1.807, 2.05) is 41.3 Å². The molecule has 2 heterocycles. The van der Waals surface area contributed by atoms with E-state index in [9.17, 15) is 4.79 Å². The largest absolute Gasteiger partial charge is 0.373 e. The Balaban J connectivity index is 1.24. The number of hydrogen-bond acceptors (Lipinski definition) is 4.